The molecule has 1 aliphatic carbocycles. The molecule has 3 aliphatic rings. The van der Waals surface area contributed by atoms with Crippen LogP contribution in [0.15, 0.2) is 6.07 Å². The van der Waals surface area contributed by atoms with Crippen molar-refractivity contribution in [1.82, 2.24) is 20.2 Å². The molecule has 1 aromatic rings. The van der Waals surface area contributed by atoms with Gasteiger partial charge in [0.25, 0.3) is 0 Å². The van der Waals surface area contributed by atoms with Crippen molar-refractivity contribution in [2.75, 3.05) is 38.1 Å². The average Bonchev–Trinajstić information content (AvgIpc) is 2.58. The summed E-state index contributed by atoms with van der Waals surface area (Å²) in [4.78, 5) is 26.5. The Bertz CT molecular complexity index is 660. The highest BCUT2D eigenvalue weighted by atomic mass is 16.2. The minimum absolute atomic E-state index is 0.328. The second-order valence-electron chi connectivity index (χ2n) is 8.15. The van der Waals surface area contributed by atoms with Crippen molar-refractivity contribution < 1.29 is 4.79 Å². The van der Waals surface area contributed by atoms with Crippen molar-refractivity contribution in [3.63, 3.8) is 0 Å². The van der Waals surface area contributed by atoms with Gasteiger partial charge in [0.05, 0.1) is 0 Å². The largest absolute Gasteiger partial charge is 0.340 e. The monoisotopic (exact) mass is 357 g/mol. The number of likely N-dealkylation sites (tertiary alicyclic amines) is 1. The van der Waals surface area contributed by atoms with Crippen molar-refractivity contribution >= 4 is 11.9 Å². The summed E-state index contributed by atoms with van der Waals surface area (Å²) >= 11 is 0. The molecule has 0 bridgehead atoms. The molecular weight excluding hydrogens is 326 g/mol. The number of rotatable bonds is 5. The Kier molecular flexibility index (Phi) is 5.11. The summed E-state index contributed by atoms with van der Waals surface area (Å²) in [5, 5.41) is 3.18. The van der Waals surface area contributed by atoms with Gasteiger partial charge in [0.15, 0.2) is 0 Å². The van der Waals surface area contributed by atoms with Crippen LogP contribution in [0.3, 0.4) is 0 Å². The lowest BCUT2D eigenvalue weighted by atomic mass is 9.82. The van der Waals surface area contributed by atoms with Gasteiger partial charge in [-0.25, -0.2) is 9.97 Å². The third-order valence-electron chi connectivity index (χ3n) is 6.41. The Labute approximate surface area is 156 Å². The first-order chi connectivity index (χ1) is 12.7. The third-order valence-corrected chi connectivity index (χ3v) is 6.41. The van der Waals surface area contributed by atoms with Gasteiger partial charge in [-0.1, -0.05) is 6.42 Å². The number of hydrogen-bond acceptors (Lipinski definition) is 5. The highest BCUT2D eigenvalue weighted by Crippen LogP contribution is 2.37. The number of nitrogens with one attached hydrogen (secondary N) is 1. The second-order valence-corrected chi connectivity index (χ2v) is 8.15. The number of nitrogens with zero attached hydrogens (tertiary/aromatic N) is 4. The zero-order valence-electron chi connectivity index (χ0n) is 16.1. The van der Waals surface area contributed by atoms with Crippen LogP contribution in [0, 0.1) is 12.8 Å². The van der Waals surface area contributed by atoms with Crippen molar-refractivity contribution in [3.8, 4) is 0 Å². The zero-order valence-corrected chi connectivity index (χ0v) is 16.1. The Morgan fingerprint density at radius 1 is 1.23 bits per heavy atom. The maximum Gasteiger partial charge on any atom is 0.225 e. The van der Waals surface area contributed by atoms with Crippen LogP contribution >= 0.6 is 0 Å². The van der Waals surface area contributed by atoms with E-state index in [1.807, 2.05) is 7.05 Å². The highest BCUT2D eigenvalue weighted by molar-refractivity contribution is 5.77. The minimum Gasteiger partial charge on any atom is -0.340 e. The number of fused-ring (bicyclic) bond motifs is 1. The van der Waals surface area contributed by atoms with Crippen LogP contribution in [0.25, 0.3) is 0 Å². The van der Waals surface area contributed by atoms with Crippen LogP contribution in [0.1, 0.15) is 55.8 Å². The van der Waals surface area contributed by atoms with Gasteiger partial charge >= 0.3 is 0 Å². The lowest BCUT2D eigenvalue weighted by Gasteiger charge is -2.47. The normalized spacial score (nSPS) is 26.6. The first kappa shape index (κ1) is 17.7. The Hall–Kier alpha value is -1.69. The van der Waals surface area contributed by atoms with Gasteiger partial charge in [-0.2, -0.15) is 0 Å². The van der Waals surface area contributed by atoms with E-state index in [2.05, 4.69) is 28.1 Å². The summed E-state index contributed by atoms with van der Waals surface area (Å²) in [7, 11) is 1.95. The molecule has 0 spiro atoms. The van der Waals surface area contributed by atoms with E-state index in [4.69, 9.17) is 9.97 Å². The molecule has 2 saturated heterocycles. The van der Waals surface area contributed by atoms with Crippen LogP contribution in [-0.2, 0) is 4.79 Å². The predicted octanol–water partition coefficient (Wildman–Crippen LogP) is 2.09. The molecule has 0 radical (unpaired) electrons. The molecule has 3 heterocycles. The van der Waals surface area contributed by atoms with E-state index >= 15 is 0 Å². The molecule has 0 unspecified atom stereocenters. The van der Waals surface area contributed by atoms with E-state index < -0.39 is 0 Å². The molecular formula is C20H31N5O. The Morgan fingerprint density at radius 3 is 2.81 bits per heavy atom. The van der Waals surface area contributed by atoms with E-state index in [-0.39, 0.29) is 0 Å². The van der Waals surface area contributed by atoms with Crippen LogP contribution in [0.2, 0.25) is 0 Å². The second kappa shape index (κ2) is 7.51. The number of likely N-dealkylation sites (N-methyl/N-ethyl adjacent to an activating group) is 1. The predicted molar refractivity (Wildman–Crippen MR) is 102 cm³/mol. The van der Waals surface area contributed by atoms with Crippen molar-refractivity contribution in [1.29, 1.82) is 0 Å². The number of carbonyl (C=O) groups is 1. The van der Waals surface area contributed by atoms with Crippen molar-refractivity contribution in [2.24, 2.45) is 5.92 Å². The number of hydrogen-bond donors (Lipinski definition) is 1. The maximum absolute atomic E-state index is 12.4. The van der Waals surface area contributed by atoms with Gasteiger partial charge < -0.3 is 15.1 Å². The fourth-order valence-electron chi connectivity index (χ4n) is 4.69. The average molecular weight is 358 g/mol. The lowest BCUT2D eigenvalue weighted by molar-refractivity contribution is -0.139. The first-order valence-corrected chi connectivity index (χ1v) is 10.2. The summed E-state index contributed by atoms with van der Waals surface area (Å²) in [5.74, 6) is 2.41. The molecule has 1 N–H and O–H groups in total. The van der Waals surface area contributed by atoms with Crippen LogP contribution < -0.4 is 10.2 Å². The van der Waals surface area contributed by atoms with Gasteiger partial charge in [-0.3, -0.25) is 4.79 Å². The molecule has 26 heavy (non-hydrogen) atoms. The van der Waals surface area contributed by atoms with Crippen molar-refractivity contribution in [3.05, 3.63) is 17.5 Å². The minimum atomic E-state index is 0.328. The highest BCUT2D eigenvalue weighted by Gasteiger charge is 2.39. The molecule has 0 aromatic carbocycles. The van der Waals surface area contributed by atoms with E-state index in [0.717, 1.165) is 50.7 Å². The SMILES string of the molecule is CNCCN1C(=O)CC[C@H]2CN(c3nc(C)cc(C4CCC4)n3)CC[C@H]21. The smallest absolute Gasteiger partial charge is 0.225 e. The standard InChI is InChI=1S/C20H31N5O/c1-14-12-17(15-4-3-5-15)23-20(22-14)24-10-8-18-16(13-24)6-7-19(26)25(18)11-9-21-2/h12,15-16,18,21H,3-11,13H2,1-2H3/t16-,18+/m0/s1. The van der Waals surface area contributed by atoms with Gasteiger partial charge in [0.2, 0.25) is 11.9 Å². The molecule has 3 fully saturated rings. The quantitative estimate of drug-likeness (QED) is 0.874. The van der Waals surface area contributed by atoms with Crippen LogP contribution in [0.4, 0.5) is 5.95 Å². The summed E-state index contributed by atoms with van der Waals surface area (Å²) in [6.45, 7) is 5.69. The number of carbonyl (C=O) groups excluding carboxylic acids is 1. The first-order valence-electron chi connectivity index (χ1n) is 10.2. The van der Waals surface area contributed by atoms with E-state index in [1.165, 1.54) is 25.0 Å². The number of piperidine rings is 2. The number of aryl methyl sites for hydroxylation is 1. The van der Waals surface area contributed by atoms with E-state index in [1.54, 1.807) is 0 Å². The summed E-state index contributed by atoms with van der Waals surface area (Å²) in [5.41, 5.74) is 2.31. The summed E-state index contributed by atoms with van der Waals surface area (Å²) < 4.78 is 0. The lowest BCUT2D eigenvalue weighted by Crippen LogP contribution is -2.57. The number of amides is 1. The Morgan fingerprint density at radius 2 is 2.08 bits per heavy atom. The fraction of sp³-hybridized carbons (Fsp3) is 0.750. The van der Waals surface area contributed by atoms with Crippen LogP contribution in [0.5, 0.6) is 0 Å². The number of aromatic nitrogens is 2. The maximum atomic E-state index is 12.4. The third kappa shape index (κ3) is 3.43. The topological polar surface area (TPSA) is 61.4 Å². The Balaban J connectivity index is 1.48. The molecule has 1 aromatic heterocycles. The van der Waals surface area contributed by atoms with Gasteiger partial charge in [0, 0.05) is 55.9 Å². The van der Waals surface area contributed by atoms with Gasteiger partial charge in [-0.15, -0.1) is 0 Å². The molecule has 6 heteroatoms. The van der Waals surface area contributed by atoms with Gasteiger partial charge in [0.1, 0.15) is 0 Å². The fourth-order valence-corrected chi connectivity index (χ4v) is 4.69. The van der Waals surface area contributed by atoms with E-state index in [0.29, 0.717) is 30.2 Å². The zero-order chi connectivity index (χ0) is 18.1. The molecule has 6 nitrogen and oxygen atoms in total. The molecule has 2 aliphatic heterocycles. The summed E-state index contributed by atoms with van der Waals surface area (Å²) in [6.07, 6.45) is 6.56. The molecule has 1 amide bonds. The van der Waals surface area contributed by atoms with Gasteiger partial charge in [-0.05, 0) is 51.6 Å². The molecule has 2 atom stereocenters. The van der Waals surface area contributed by atoms with Crippen LogP contribution in [-0.4, -0.2) is 60.0 Å². The van der Waals surface area contributed by atoms with E-state index in [9.17, 15) is 4.79 Å². The molecule has 1 saturated carbocycles. The summed E-state index contributed by atoms with van der Waals surface area (Å²) in [6, 6.07) is 2.55. The molecule has 142 valence electrons. The van der Waals surface area contributed by atoms with Crippen molar-refractivity contribution in [2.45, 2.75) is 57.4 Å². The molecule has 4 rings (SSSR count). The number of anilines is 1.